The minimum Gasteiger partial charge on any atom is -0.381 e. The van der Waals surface area contributed by atoms with Gasteiger partial charge in [0.2, 0.25) is 11.8 Å². The van der Waals surface area contributed by atoms with Gasteiger partial charge in [-0.05, 0) is 62.7 Å². The fourth-order valence-electron chi connectivity index (χ4n) is 5.77. The molecule has 4 fully saturated rings. The van der Waals surface area contributed by atoms with E-state index in [-0.39, 0.29) is 29.8 Å². The second kappa shape index (κ2) is 8.08. The normalized spacial score (nSPS) is 41.6. The topological polar surface area (TPSA) is 76.7 Å². The van der Waals surface area contributed by atoms with Gasteiger partial charge in [0.1, 0.15) is 0 Å². The Hall–Kier alpha value is -1.14. The van der Waals surface area contributed by atoms with Crippen LogP contribution in [0.3, 0.4) is 0 Å². The molecule has 152 valence electrons. The van der Waals surface area contributed by atoms with Crippen LogP contribution in [0.25, 0.3) is 0 Å². The molecule has 3 saturated carbocycles. The van der Waals surface area contributed by atoms with Crippen LogP contribution in [0.1, 0.15) is 51.4 Å². The molecule has 1 aliphatic heterocycles. The molecule has 0 radical (unpaired) electrons. The Morgan fingerprint density at radius 2 is 1.81 bits per heavy atom. The summed E-state index contributed by atoms with van der Waals surface area (Å²) < 4.78 is 11.9. The molecule has 6 nitrogen and oxygen atoms in total. The maximum atomic E-state index is 12.8. The number of carbonyl (C=O) groups is 2. The molecule has 1 heterocycles. The first kappa shape index (κ1) is 19.2. The molecule has 0 aromatic rings. The third-order valence-electron chi connectivity index (χ3n) is 7.43. The van der Waals surface area contributed by atoms with Crippen LogP contribution < -0.4 is 10.6 Å². The summed E-state index contributed by atoms with van der Waals surface area (Å²) in [7, 11) is 3.49. The van der Waals surface area contributed by atoms with Crippen LogP contribution in [0.4, 0.5) is 0 Å². The van der Waals surface area contributed by atoms with Crippen molar-refractivity contribution in [3.63, 3.8) is 0 Å². The second-order valence-electron chi connectivity index (χ2n) is 9.08. The van der Waals surface area contributed by atoms with Crippen molar-refractivity contribution in [1.82, 2.24) is 10.6 Å². The number of rotatable bonds is 5. The Bertz CT molecular complexity index is 564. The summed E-state index contributed by atoms with van der Waals surface area (Å²) >= 11 is 0. The number of methoxy groups -OCH3 is 1. The van der Waals surface area contributed by atoms with Gasteiger partial charge in [-0.25, -0.2) is 0 Å². The highest BCUT2D eigenvalue weighted by atomic mass is 16.5. The zero-order valence-corrected chi connectivity index (χ0v) is 16.6. The van der Waals surface area contributed by atoms with E-state index in [2.05, 4.69) is 10.6 Å². The van der Waals surface area contributed by atoms with Crippen molar-refractivity contribution < 1.29 is 19.1 Å². The van der Waals surface area contributed by atoms with E-state index in [9.17, 15) is 9.59 Å². The molecule has 0 bridgehead atoms. The fraction of sp³-hybridized carbons (Fsp3) is 0.905. The average molecular weight is 379 g/mol. The molecule has 7 atom stereocenters. The van der Waals surface area contributed by atoms with Crippen LogP contribution in [0.2, 0.25) is 0 Å². The summed E-state index contributed by atoms with van der Waals surface area (Å²) in [5.74, 6) is 1.21. The van der Waals surface area contributed by atoms with Crippen LogP contribution in [0.5, 0.6) is 0 Å². The molecule has 4 rings (SSSR count). The van der Waals surface area contributed by atoms with Gasteiger partial charge in [0, 0.05) is 26.1 Å². The van der Waals surface area contributed by atoms with Crippen molar-refractivity contribution in [3.8, 4) is 0 Å². The van der Waals surface area contributed by atoms with Gasteiger partial charge in [-0.2, -0.15) is 0 Å². The number of amides is 2. The number of hydrogen-bond donors (Lipinski definition) is 2. The fourth-order valence-corrected chi connectivity index (χ4v) is 5.77. The van der Waals surface area contributed by atoms with Crippen molar-refractivity contribution in [3.05, 3.63) is 0 Å². The van der Waals surface area contributed by atoms with Gasteiger partial charge in [0.15, 0.2) is 0 Å². The first-order valence-corrected chi connectivity index (χ1v) is 10.8. The maximum Gasteiger partial charge on any atom is 0.225 e. The summed E-state index contributed by atoms with van der Waals surface area (Å²) in [5, 5.41) is 5.96. The molecule has 2 amide bonds. The molecule has 1 saturated heterocycles. The lowest BCUT2D eigenvalue weighted by atomic mass is 9.64. The van der Waals surface area contributed by atoms with Crippen LogP contribution in [-0.2, 0) is 19.1 Å². The van der Waals surface area contributed by atoms with Gasteiger partial charge < -0.3 is 20.1 Å². The Kier molecular flexibility index (Phi) is 5.74. The highest BCUT2D eigenvalue weighted by Gasteiger charge is 2.52. The van der Waals surface area contributed by atoms with Crippen molar-refractivity contribution in [2.24, 2.45) is 29.6 Å². The van der Waals surface area contributed by atoms with E-state index in [0.29, 0.717) is 36.3 Å². The van der Waals surface area contributed by atoms with E-state index in [0.717, 1.165) is 38.7 Å². The predicted molar refractivity (Wildman–Crippen MR) is 101 cm³/mol. The first-order valence-electron chi connectivity index (χ1n) is 10.8. The summed E-state index contributed by atoms with van der Waals surface area (Å²) in [6, 6.07) is 0.366. The quantitative estimate of drug-likeness (QED) is 0.766. The molecular formula is C21H34N2O4. The second-order valence-corrected chi connectivity index (χ2v) is 9.08. The van der Waals surface area contributed by atoms with Crippen LogP contribution >= 0.6 is 0 Å². The minimum absolute atomic E-state index is 0.0213. The lowest BCUT2D eigenvalue weighted by molar-refractivity contribution is -0.136. The first-order chi connectivity index (χ1) is 13.1. The number of hydrogen-bond acceptors (Lipinski definition) is 4. The van der Waals surface area contributed by atoms with Crippen LogP contribution in [0.15, 0.2) is 0 Å². The standard InChI is InChI=1S/C21H34N2O4/c1-22-21(25)17-10-13(20(24)23-14-6-7-14)9-16-18(11-27-19(16)17)12-4-3-5-15(8-12)26-2/h12-19H,3-11H2,1-2H3,(H,22,25)(H,23,24). The minimum atomic E-state index is -0.212. The van der Waals surface area contributed by atoms with E-state index >= 15 is 0 Å². The number of carbonyl (C=O) groups excluding carboxylic acids is 2. The highest BCUT2D eigenvalue weighted by molar-refractivity contribution is 5.83. The Morgan fingerprint density at radius 1 is 1.00 bits per heavy atom. The Labute approximate surface area is 162 Å². The van der Waals surface area contributed by atoms with Crippen molar-refractivity contribution >= 4 is 11.8 Å². The SMILES string of the molecule is CNC(=O)C1CC(C(=O)NC2CC2)CC2C(C3CCCC(OC)C3)COC12. The average Bonchev–Trinajstić information content (AvgIpc) is 3.41. The molecule has 27 heavy (non-hydrogen) atoms. The third kappa shape index (κ3) is 4.02. The molecule has 3 aliphatic carbocycles. The smallest absolute Gasteiger partial charge is 0.225 e. The number of nitrogens with one attached hydrogen (secondary N) is 2. The molecule has 6 heteroatoms. The highest BCUT2D eigenvalue weighted by Crippen LogP contribution is 2.49. The van der Waals surface area contributed by atoms with Crippen molar-refractivity contribution in [2.45, 2.75) is 69.6 Å². The van der Waals surface area contributed by atoms with Gasteiger partial charge in [0.05, 0.1) is 24.7 Å². The van der Waals surface area contributed by atoms with Gasteiger partial charge in [-0.3, -0.25) is 9.59 Å². The predicted octanol–water partition coefficient (Wildman–Crippen LogP) is 1.87. The third-order valence-corrected chi connectivity index (χ3v) is 7.43. The van der Waals surface area contributed by atoms with E-state index in [1.807, 2.05) is 7.11 Å². The van der Waals surface area contributed by atoms with E-state index in [4.69, 9.17) is 9.47 Å². The number of ether oxygens (including phenoxy) is 2. The van der Waals surface area contributed by atoms with Gasteiger partial charge in [0.25, 0.3) is 0 Å². The summed E-state index contributed by atoms with van der Waals surface area (Å²) in [4.78, 5) is 25.3. The molecule has 4 aliphatic rings. The van der Waals surface area contributed by atoms with Crippen molar-refractivity contribution in [2.75, 3.05) is 20.8 Å². The monoisotopic (exact) mass is 378 g/mol. The summed E-state index contributed by atoms with van der Waals surface area (Å²) in [6.07, 6.45) is 8.58. The largest absolute Gasteiger partial charge is 0.381 e. The summed E-state index contributed by atoms with van der Waals surface area (Å²) in [6.45, 7) is 0.723. The molecule has 0 aromatic carbocycles. The molecule has 0 spiro atoms. The van der Waals surface area contributed by atoms with Crippen molar-refractivity contribution in [1.29, 1.82) is 0 Å². The van der Waals surface area contributed by atoms with Crippen LogP contribution in [-0.4, -0.2) is 50.8 Å². The summed E-state index contributed by atoms with van der Waals surface area (Å²) in [5.41, 5.74) is 0. The van der Waals surface area contributed by atoms with Gasteiger partial charge >= 0.3 is 0 Å². The Balaban J connectivity index is 1.50. The van der Waals surface area contributed by atoms with E-state index in [1.54, 1.807) is 7.05 Å². The van der Waals surface area contributed by atoms with E-state index < -0.39 is 0 Å². The van der Waals surface area contributed by atoms with Crippen LogP contribution in [0, 0.1) is 29.6 Å². The molecule has 0 aromatic heterocycles. The lowest BCUT2D eigenvalue weighted by Crippen LogP contribution is -2.48. The zero-order valence-electron chi connectivity index (χ0n) is 16.6. The number of fused-ring (bicyclic) bond motifs is 1. The molecule has 2 N–H and O–H groups in total. The molecule has 7 unspecified atom stereocenters. The zero-order chi connectivity index (χ0) is 19.0. The Morgan fingerprint density at radius 3 is 2.52 bits per heavy atom. The van der Waals surface area contributed by atoms with E-state index in [1.165, 1.54) is 12.8 Å². The maximum absolute atomic E-state index is 12.8. The molecular weight excluding hydrogens is 344 g/mol. The lowest BCUT2D eigenvalue weighted by Gasteiger charge is -2.40. The van der Waals surface area contributed by atoms with Gasteiger partial charge in [-0.1, -0.05) is 6.42 Å². The van der Waals surface area contributed by atoms with Gasteiger partial charge in [-0.15, -0.1) is 0 Å².